The quantitative estimate of drug-likeness (QED) is 0.469. The maximum Gasteiger partial charge on any atom is 0.410 e. The largest absolute Gasteiger partial charge is 0.444 e. The van der Waals surface area contributed by atoms with Crippen LogP contribution in [0.25, 0.3) is 16.8 Å². The van der Waals surface area contributed by atoms with Crippen LogP contribution in [0, 0.1) is 6.92 Å². The van der Waals surface area contributed by atoms with Crippen LogP contribution in [0.3, 0.4) is 0 Å². The number of benzene rings is 1. The number of nitrogens with one attached hydrogen (secondary N) is 1. The highest BCUT2D eigenvalue weighted by Crippen LogP contribution is 2.34. The first-order chi connectivity index (χ1) is 19.4. The fourth-order valence-electron chi connectivity index (χ4n) is 4.84. The van der Waals surface area contributed by atoms with Crippen molar-refractivity contribution in [2.24, 2.45) is 4.99 Å². The molecule has 0 spiro atoms. The lowest BCUT2D eigenvalue weighted by Gasteiger charge is -2.30. The third kappa shape index (κ3) is 6.85. The second-order valence-corrected chi connectivity index (χ2v) is 11.4. The van der Waals surface area contributed by atoms with Crippen molar-refractivity contribution < 1.29 is 14.3 Å². The minimum Gasteiger partial charge on any atom is -0.444 e. The van der Waals surface area contributed by atoms with Gasteiger partial charge < -0.3 is 15.0 Å². The summed E-state index contributed by atoms with van der Waals surface area (Å²) in [6.07, 6.45) is 7.42. The Balaban J connectivity index is 1.54. The van der Waals surface area contributed by atoms with E-state index >= 15 is 0 Å². The summed E-state index contributed by atoms with van der Waals surface area (Å²) in [6, 6.07) is 5.53. The number of aromatic nitrogens is 2. The topological polar surface area (TPSA) is 100 Å². The molecule has 0 aliphatic carbocycles. The lowest BCUT2D eigenvalue weighted by molar-refractivity contribution is -0.121. The van der Waals surface area contributed by atoms with E-state index in [1.54, 1.807) is 22.2 Å². The summed E-state index contributed by atoms with van der Waals surface area (Å²) in [6.45, 7) is 16.8. The predicted molar refractivity (Wildman–Crippen MR) is 162 cm³/mol. The number of amidine groups is 1. The molecule has 0 radical (unpaired) electrons. The molecule has 1 aromatic heterocycles. The van der Waals surface area contributed by atoms with E-state index in [2.05, 4.69) is 21.9 Å². The third-order valence-corrected chi connectivity index (χ3v) is 7.09. The zero-order valence-corrected chi connectivity index (χ0v) is 25.2. The number of rotatable bonds is 6. The average Bonchev–Trinajstić information content (AvgIpc) is 3.37. The van der Waals surface area contributed by atoms with Crippen molar-refractivity contribution >= 4 is 35.0 Å². The molecule has 216 valence electrons. The number of nitrogens with zero attached hydrogens (tertiary/aromatic N) is 5. The van der Waals surface area contributed by atoms with Crippen LogP contribution in [0.15, 0.2) is 65.7 Å². The van der Waals surface area contributed by atoms with Gasteiger partial charge in [0.25, 0.3) is 5.91 Å². The number of likely N-dealkylation sites (tertiary alicyclic amines) is 1. The molecule has 1 N–H and O–H groups in total. The van der Waals surface area contributed by atoms with Crippen molar-refractivity contribution in [1.82, 2.24) is 25.1 Å². The van der Waals surface area contributed by atoms with Gasteiger partial charge in [-0.05, 0) is 60.1 Å². The van der Waals surface area contributed by atoms with Gasteiger partial charge >= 0.3 is 6.09 Å². The molecule has 4 rings (SSSR count). The molecule has 2 aromatic rings. The smallest absolute Gasteiger partial charge is 0.410 e. The van der Waals surface area contributed by atoms with E-state index in [1.807, 2.05) is 71.9 Å². The van der Waals surface area contributed by atoms with Gasteiger partial charge in [-0.15, -0.1) is 0 Å². The summed E-state index contributed by atoms with van der Waals surface area (Å²) < 4.78 is 5.49. The zero-order valence-electron chi connectivity index (χ0n) is 24.5. The molecule has 0 saturated carbocycles. The standard InChI is InChI=1S/C31H37ClN6O3/c1-8-21-16-25(24-11-10-22(17-26(24)32)27-19(3)33-13-14-34-27)29(39)38(9-2)28(21)36-20(4)35-23-12-15-37(18-23)30(40)41-31(5,6)7/h8,10-11,13-14,16-17,23,35H,4,9,12,15,18H2,1-3,5-7H3/b21-8-,36-28+. The van der Waals surface area contributed by atoms with Gasteiger partial charge in [-0.3, -0.25) is 19.7 Å². The molecular weight excluding hydrogens is 540 g/mol. The van der Waals surface area contributed by atoms with Crippen molar-refractivity contribution in [3.63, 3.8) is 0 Å². The number of allylic oxidation sites excluding steroid dienone is 1. The zero-order chi connectivity index (χ0) is 29.9. The first-order valence-electron chi connectivity index (χ1n) is 13.7. The number of ether oxygens (including phenoxy) is 1. The van der Waals surface area contributed by atoms with Gasteiger partial charge in [0.15, 0.2) is 0 Å². The summed E-state index contributed by atoms with van der Waals surface area (Å²) >= 11 is 6.73. The second kappa shape index (κ2) is 12.3. The van der Waals surface area contributed by atoms with Crippen LogP contribution in [0.2, 0.25) is 5.02 Å². The van der Waals surface area contributed by atoms with Crippen molar-refractivity contribution in [2.45, 2.75) is 59.6 Å². The maximum atomic E-state index is 13.7. The SMILES string of the molecule is C=C(/N=C1\C(=C/C)C=C(c2ccc(-c3nccnc3C)cc2Cl)C(=O)N1CC)NC1CCN(C(=O)OC(C)(C)C)C1. The first kappa shape index (κ1) is 30.0. The fourth-order valence-corrected chi connectivity index (χ4v) is 5.12. The molecule has 2 amide bonds. The molecule has 0 bridgehead atoms. The Hall–Kier alpha value is -3.98. The number of aryl methyl sites for hydroxylation is 1. The Morgan fingerprint density at radius 3 is 2.66 bits per heavy atom. The lowest BCUT2D eigenvalue weighted by Crippen LogP contribution is -2.42. The molecule has 1 aromatic carbocycles. The molecule has 3 heterocycles. The Kier molecular flexibility index (Phi) is 8.97. The van der Waals surface area contributed by atoms with Gasteiger partial charge in [-0.1, -0.05) is 36.4 Å². The van der Waals surface area contributed by atoms with Crippen molar-refractivity contribution in [3.05, 3.63) is 77.0 Å². The van der Waals surface area contributed by atoms with Crippen LogP contribution in [0.5, 0.6) is 0 Å². The highest BCUT2D eigenvalue weighted by Gasteiger charge is 2.32. The van der Waals surface area contributed by atoms with Gasteiger partial charge in [0.1, 0.15) is 17.3 Å². The van der Waals surface area contributed by atoms with E-state index in [-0.39, 0.29) is 18.0 Å². The molecular formula is C31H37ClN6O3. The van der Waals surface area contributed by atoms with E-state index in [1.165, 1.54) is 0 Å². The molecule has 10 heteroatoms. The monoisotopic (exact) mass is 576 g/mol. The number of carbonyl (C=O) groups excluding carboxylic acids is 2. The molecule has 9 nitrogen and oxygen atoms in total. The van der Waals surface area contributed by atoms with Crippen molar-refractivity contribution in [1.29, 1.82) is 0 Å². The number of halogens is 1. The highest BCUT2D eigenvalue weighted by molar-refractivity contribution is 6.37. The number of hydrogen-bond acceptors (Lipinski definition) is 7. The second-order valence-electron chi connectivity index (χ2n) is 11.0. The number of likely N-dealkylation sites (N-methyl/N-ethyl adjacent to an activating group) is 1. The molecule has 1 saturated heterocycles. The number of carbonyl (C=O) groups is 2. The summed E-state index contributed by atoms with van der Waals surface area (Å²) in [5, 5.41) is 3.75. The summed E-state index contributed by atoms with van der Waals surface area (Å²) in [4.78, 5) is 42.9. The predicted octanol–water partition coefficient (Wildman–Crippen LogP) is 5.77. The first-order valence-corrected chi connectivity index (χ1v) is 14.1. The third-order valence-electron chi connectivity index (χ3n) is 6.78. The molecule has 1 fully saturated rings. The van der Waals surface area contributed by atoms with Gasteiger partial charge in [-0.2, -0.15) is 0 Å². The fraction of sp³-hybridized carbons (Fsp3) is 0.387. The Labute approximate surface area is 246 Å². The van der Waals surface area contributed by atoms with E-state index < -0.39 is 5.60 Å². The van der Waals surface area contributed by atoms with Crippen LogP contribution in [0.4, 0.5) is 4.79 Å². The molecule has 1 atom stereocenters. The van der Waals surface area contributed by atoms with E-state index in [0.29, 0.717) is 47.5 Å². The van der Waals surface area contributed by atoms with Crippen molar-refractivity contribution in [3.8, 4) is 11.3 Å². The number of aliphatic imine (C=N–C) groups is 1. The van der Waals surface area contributed by atoms with Crippen LogP contribution in [0.1, 0.15) is 52.3 Å². The maximum absolute atomic E-state index is 13.7. The minimum absolute atomic E-state index is 0.0239. The van der Waals surface area contributed by atoms with Crippen LogP contribution in [-0.4, -0.2) is 68.9 Å². The summed E-state index contributed by atoms with van der Waals surface area (Å²) in [5.41, 5.74) is 3.70. The van der Waals surface area contributed by atoms with E-state index in [0.717, 1.165) is 28.9 Å². The number of amides is 2. The van der Waals surface area contributed by atoms with Crippen molar-refractivity contribution in [2.75, 3.05) is 19.6 Å². The van der Waals surface area contributed by atoms with Gasteiger partial charge in [0.05, 0.1) is 11.4 Å². The Morgan fingerprint density at radius 2 is 2.02 bits per heavy atom. The lowest BCUT2D eigenvalue weighted by atomic mass is 9.95. The summed E-state index contributed by atoms with van der Waals surface area (Å²) in [5.74, 6) is 0.721. The van der Waals surface area contributed by atoms with Gasteiger partial charge in [0, 0.05) is 65.4 Å². The van der Waals surface area contributed by atoms with E-state index in [4.69, 9.17) is 21.3 Å². The molecule has 41 heavy (non-hydrogen) atoms. The molecule has 1 unspecified atom stereocenters. The molecule has 2 aliphatic heterocycles. The normalized spacial score (nSPS) is 19.5. The average molecular weight is 577 g/mol. The van der Waals surface area contributed by atoms with Gasteiger partial charge in [0.2, 0.25) is 0 Å². The number of hydrogen-bond donors (Lipinski definition) is 1. The van der Waals surface area contributed by atoms with Crippen LogP contribution >= 0.6 is 11.6 Å². The Morgan fingerprint density at radius 1 is 1.29 bits per heavy atom. The van der Waals surface area contributed by atoms with Crippen LogP contribution < -0.4 is 5.32 Å². The van der Waals surface area contributed by atoms with E-state index in [9.17, 15) is 9.59 Å². The minimum atomic E-state index is -0.549. The van der Waals surface area contributed by atoms with Crippen LogP contribution in [-0.2, 0) is 9.53 Å². The van der Waals surface area contributed by atoms with Gasteiger partial charge in [-0.25, -0.2) is 9.79 Å². The highest BCUT2D eigenvalue weighted by atomic mass is 35.5. The summed E-state index contributed by atoms with van der Waals surface area (Å²) in [7, 11) is 0. The Bertz CT molecular complexity index is 1460. The molecule has 2 aliphatic rings.